The van der Waals surface area contributed by atoms with Crippen molar-refractivity contribution < 1.29 is 14.3 Å². The molecule has 5 heteroatoms. The minimum atomic E-state index is -0.0397. The standard InChI is InChI=1S/C22H26N2O3/c1-16-9-10-17(2)21(18(16)3)27-15-20(25)23-11-13-24(14-12-23)22(26)19-7-5-4-6-8-19/h4-10H,11-15H2,1-3H3. The molecule has 0 spiro atoms. The highest BCUT2D eigenvalue weighted by Gasteiger charge is 2.25. The maximum atomic E-state index is 12.5. The monoisotopic (exact) mass is 366 g/mol. The Morgan fingerprint density at radius 3 is 2.11 bits per heavy atom. The highest BCUT2D eigenvalue weighted by molar-refractivity contribution is 5.94. The van der Waals surface area contributed by atoms with E-state index in [1.165, 1.54) is 0 Å². The van der Waals surface area contributed by atoms with Gasteiger partial charge in [0.15, 0.2) is 6.61 Å². The molecule has 0 N–H and O–H groups in total. The fourth-order valence-corrected chi connectivity index (χ4v) is 3.30. The Hall–Kier alpha value is -2.82. The Morgan fingerprint density at radius 1 is 0.852 bits per heavy atom. The van der Waals surface area contributed by atoms with Crippen LogP contribution in [0.3, 0.4) is 0 Å². The van der Waals surface area contributed by atoms with Crippen LogP contribution >= 0.6 is 0 Å². The molecular formula is C22H26N2O3. The van der Waals surface area contributed by atoms with E-state index in [0.29, 0.717) is 31.7 Å². The average molecular weight is 366 g/mol. The van der Waals surface area contributed by atoms with E-state index in [4.69, 9.17) is 4.74 Å². The van der Waals surface area contributed by atoms with Gasteiger partial charge in [-0.1, -0.05) is 30.3 Å². The van der Waals surface area contributed by atoms with Crippen LogP contribution in [-0.4, -0.2) is 54.4 Å². The highest BCUT2D eigenvalue weighted by atomic mass is 16.5. The molecule has 0 saturated carbocycles. The van der Waals surface area contributed by atoms with E-state index < -0.39 is 0 Å². The lowest BCUT2D eigenvalue weighted by atomic mass is 10.1. The molecule has 0 unspecified atom stereocenters. The lowest BCUT2D eigenvalue weighted by Gasteiger charge is -2.34. The summed E-state index contributed by atoms with van der Waals surface area (Å²) in [7, 11) is 0. The van der Waals surface area contributed by atoms with Gasteiger partial charge in [-0.05, 0) is 49.6 Å². The summed E-state index contributed by atoms with van der Waals surface area (Å²) in [5.41, 5.74) is 3.94. The van der Waals surface area contributed by atoms with Crippen LogP contribution < -0.4 is 4.74 Å². The molecule has 0 aliphatic carbocycles. The summed E-state index contributed by atoms with van der Waals surface area (Å²) >= 11 is 0. The third-order valence-electron chi connectivity index (χ3n) is 5.15. The third-order valence-corrected chi connectivity index (χ3v) is 5.15. The molecule has 1 fully saturated rings. The van der Waals surface area contributed by atoms with Crippen molar-refractivity contribution in [3.63, 3.8) is 0 Å². The molecular weight excluding hydrogens is 340 g/mol. The number of carbonyl (C=O) groups excluding carboxylic acids is 2. The van der Waals surface area contributed by atoms with Gasteiger partial charge in [0, 0.05) is 31.7 Å². The second kappa shape index (κ2) is 8.25. The van der Waals surface area contributed by atoms with Crippen molar-refractivity contribution in [1.82, 2.24) is 9.80 Å². The lowest BCUT2D eigenvalue weighted by molar-refractivity contribution is -0.134. The van der Waals surface area contributed by atoms with Crippen LogP contribution in [0.4, 0.5) is 0 Å². The molecule has 27 heavy (non-hydrogen) atoms. The topological polar surface area (TPSA) is 49.9 Å². The minimum absolute atomic E-state index is 0.0185. The van der Waals surface area contributed by atoms with Crippen molar-refractivity contribution in [2.45, 2.75) is 20.8 Å². The molecule has 142 valence electrons. The molecule has 0 radical (unpaired) electrons. The van der Waals surface area contributed by atoms with Crippen LogP contribution in [-0.2, 0) is 4.79 Å². The first kappa shape index (κ1) is 19.0. The van der Waals surface area contributed by atoms with Crippen LogP contribution in [0.2, 0.25) is 0 Å². The van der Waals surface area contributed by atoms with Crippen LogP contribution in [0.15, 0.2) is 42.5 Å². The Bertz CT molecular complexity index is 825. The van der Waals surface area contributed by atoms with E-state index in [-0.39, 0.29) is 18.4 Å². The van der Waals surface area contributed by atoms with Gasteiger partial charge in [-0.25, -0.2) is 0 Å². The number of amides is 2. The lowest BCUT2D eigenvalue weighted by Crippen LogP contribution is -2.51. The van der Waals surface area contributed by atoms with Gasteiger partial charge in [0.2, 0.25) is 0 Å². The van der Waals surface area contributed by atoms with Crippen molar-refractivity contribution in [3.05, 3.63) is 64.7 Å². The zero-order valence-electron chi connectivity index (χ0n) is 16.2. The number of nitrogens with zero attached hydrogens (tertiary/aromatic N) is 2. The molecule has 1 aliphatic heterocycles. The molecule has 5 nitrogen and oxygen atoms in total. The molecule has 0 atom stereocenters. The van der Waals surface area contributed by atoms with Crippen molar-refractivity contribution in [2.75, 3.05) is 32.8 Å². The molecule has 2 aromatic rings. The molecule has 0 aromatic heterocycles. The van der Waals surface area contributed by atoms with Gasteiger partial charge in [0.1, 0.15) is 5.75 Å². The van der Waals surface area contributed by atoms with Crippen LogP contribution in [0.25, 0.3) is 0 Å². The zero-order valence-corrected chi connectivity index (χ0v) is 16.2. The third kappa shape index (κ3) is 4.30. The molecule has 0 bridgehead atoms. The summed E-state index contributed by atoms with van der Waals surface area (Å²) in [6, 6.07) is 13.3. The van der Waals surface area contributed by atoms with E-state index in [1.54, 1.807) is 9.80 Å². The SMILES string of the molecule is Cc1ccc(C)c(OCC(=O)N2CCN(C(=O)c3ccccc3)CC2)c1C. The van der Waals surface area contributed by atoms with Crippen molar-refractivity contribution in [1.29, 1.82) is 0 Å². The summed E-state index contributed by atoms with van der Waals surface area (Å²) in [6.45, 7) is 8.21. The average Bonchev–Trinajstić information content (AvgIpc) is 2.71. The van der Waals surface area contributed by atoms with Crippen LogP contribution in [0.5, 0.6) is 5.75 Å². The Labute approximate surface area is 160 Å². The zero-order chi connectivity index (χ0) is 19.4. The fourth-order valence-electron chi connectivity index (χ4n) is 3.30. The summed E-state index contributed by atoms with van der Waals surface area (Å²) < 4.78 is 5.84. The number of hydrogen-bond donors (Lipinski definition) is 0. The van der Waals surface area contributed by atoms with Crippen molar-refractivity contribution in [2.24, 2.45) is 0 Å². The quantitative estimate of drug-likeness (QED) is 0.836. The van der Waals surface area contributed by atoms with Gasteiger partial charge in [-0.3, -0.25) is 9.59 Å². The number of rotatable bonds is 4. The number of carbonyl (C=O) groups is 2. The number of aryl methyl sites for hydroxylation is 2. The largest absolute Gasteiger partial charge is 0.483 e. The molecule has 3 rings (SSSR count). The predicted octanol–water partition coefficient (Wildman–Crippen LogP) is 2.98. The van der Waals surface area contributed by atoms with E-state index in [9.17, 15) is 9.59 Å². The van der Waals surface area contributed by atoms with Gasteiger partial charge in [0.25, 0.3) is 11.8 Å². The molecule has 2 amide bonds. The summed E-state index contributed by atoms with van der Waals surface area (Å²) in [5.74, 6) is 0.772. The normalized spacial score (nSPS) is 14.2. The van der Waals surface area contributed by atoms with E-state index in [0.717, 1.165) is 22.4 Å². The second-order valence-corrected chi connectivity index (χ2v) is 6.98. The second-order valence-electron chi connectivity index (χ2n) is 6.98. The molecule has 2 aromatic carbocycles. The van der Waals surface area contributed by atoms with Crippen LogP contribution in [0, 0.1) is 20.8 Å². The molecule has 1 heterocycles. The summed E-state index contributed by atoms with van der Waals surface area (Å²) in [5, 5.41) is 0. The summed E-state index contributed by atoms with van der Waals surface area (Å²) in [6.07, 6.45) is 0. The number of piperazine rings is 1. The first-order chi connectivity index (χ1) is 13.0. The Morgan fingerprint density at radius 2 is 1.44 bits per heavy atom. The number of benzene rings is 2. The minimum Gasteiger partial charge on any atom is -0.483 e. The smallest absolute Gasteiger partial charge is 0.260 e. The predicted molar refractivity (Wildman–Crippen MR) is 105 cm³/mol. The number of hydrogen-bond acceptors (Lipinski definition) is 3. The van der Waals surface area contributed by atoms with Gasteiger partial charge in [-0.15, -0.1) is 0 Å². The van der Waals surface area contributed by atoms with Gasteiger partial charge >= 0.3 is 0 Å². The first-order valence-electron chi connectivity index (χ1n) is 9.29. The maximum absolute atomic E-state index is 12.5. The van der Waals surface area contributed by atoms with Crippen molar-refractivity contribution >= 4 is 11.8 Å². The number of ether oxygens (including phenoxy) is 1. The van der Waals surface area contributed by atoms with E-state index in [2.05, 4.69) is 6.07 Å². The van der Waals surface area contributed by atoms with Crippen molar-refractivity contribution in [3.8, 4) is 5.75 Å². The highest BCUT2D eigenvalue weighted by Crippen LogP contribution is 2.25. The van der Waals surface area contributed by atoms with Gasteiger partial charge in [0.05, 0.1) is 0 Å². The fraction of sp³-hybridized carbons (Fsp3) is 0.364. The molecule has 1 aliphatic rings. The van der Waals surface area contributed by atoms with E-state index >= 15 is 0 Å². The summed E-state index contributed by atoms with van der Waals surface area (Å²) in [4.78, 5) is 28.6. The first-order valence-corrected chi connectivity index (χ1v) is 9.29. The Kier molecular flexibility index (Phi) is 5.79. The maximum Gasteiger partial charge on any atom is 0.260 e. The van der Waals surface area contributed by atoms with Gasteiger partial charge in [-0.2, -0.15) is 0 Å². The van der Waals surface area contributed by atoms with Crippen LogP contribution in [0.1, 0.15) is 27.0 Å². The van der Waals surface area contributed by atoms with E-state index in [1.807, 2.05) is 57.2 Å². The Balaban J connectivity index is 1.53. The van der Waals surface area contributed by atoms with Gasteiger partial charge < -0.3 is 14.5 Å². The molecule has 1 saturated heterocycles.